The van der Waals surface area contributed by atoms with Gasteiger partial charge in [-0.2, -0.15) is 0 Å². The number of fused-ring (bicyclic) bond motifs is 1. The van der Waals surface area contributed by atoms with Crippen molar-refractivity contribution in [2.75, 3.05) is 20.8 Å². The predicted molar refractivity (Wildman–Crippen MR) is 125 cm³/mol. The Bertz CT molecular complexity index is 1190. The number of ketones is 1. The van der Waals surface area contributed by atoms with E-state index >= 15 is 0 Å². The Labute approximate surface area is 187 Å². The van der Waals surface area contributed by atoms with Gasteiger partial charge in [0, 0.05) is 6.07 Å². The highest BCUT2D eigenvalue weighted by Gasteiger charge is 2.30. The maximum atomic E-state index is 12.9. The summed E-state index contributed by atoms with van der Waals surface area (Å²) < 4.78 is 22.3. The van der Waals surface area contributed by atoms with Crippen LogP contribution in [0.15, 0.2) is 72.5 Å². The van der Waals surface area contributed by atoms with Gasteiger partial charge < -0.3 is 18.9 Å². The maximum absolute atomic E-state index is 12.9. The van der Waals surface area contributed by atoms with Crippen LogP contribution in [0.25, 0.3) is 12.2 Å². The van der Waals surface area contributed by atoms with Crippen LogP contribution in [0.2, 0.25) is 0 Å². The first-order chi connectivity index (χ1) is 15.6. The fraction of sp³-hybridized carbons (Fsp3) is 0.148. The highest BCUT2D eigenvalue weighted by molar-refractivity contribution is 6.15. The van der Waals surface area contributed by atoms with E-state index < -0.39 is 0 Å². The molecule has 5 nitrogen and oxygen atoms in total. The third kappa shape index (κ3) is 4.52. The van der Waals surface area contributed by atoms with Crippen LogP contribution < -0.4 is 18.9 Å². The quantitative estimate of drug-likeness (QED) is 0.451. The number of carbonyl (C=O) groups excluding carboxylic acids is 1. The van der Waals surface area contributed by atoms with Crippen LogP contribution in [0.4, 0.5) is 0 Å². The molecule has 0 bridgehead atoms. The first-order valence-corrected chi connectivity index (χ1v) is 10.2. The number of rotatable bonds is 7. The molecule has 1 aliphatic rings. The van der Waals surface area contributed by atoms with E-state index in [1.54, 1.807) is 38.5 Å². The normalized spacial score (nSPS) is 13.8. The molecular weight excluding hydrogens is 404 g/mol. The Morgan fingerprint density at radius 2 is 1.69 bits per heavy atom. The van der Waals surface area contributed by atoms with Gasteiger partial charge >= 0.3 is 0 Å². The van der Waals surface area contributed by atoms with E-state index in [1.807, 2.05) is 61.5 Å². The molecule has 3 aromatic rings. The van der Waals surface area contributed by atoms with E-state index in [9.17, 15) is 4.79 Å². The largest absolute Gasteiger partial charge is 0.493 e. The Hall–Kier alpha value is -3.99. The van der Waals surface area contributed by atoms with Gasteiger partial charge in [-0.25, -0.2) is 0 Å². The molecule has 0 saturated heterocycles. The molecule has 3 aromatic carbocycles. The van der Waals surface area contributed by atoms with Crippen molar-refractivity contribution in [3.63, 3.8) is 0 Å². The molecule has 0 radical (unpaired) electrons. The Kier molecular flexibility index (Phi) is 6.26. The third-order valence-corrected chi connectivity index (χ3v) is 5.11. The third-order valence-electron chi connectivity index (χ3n) is 5.11. The van der Waals surface area contributed by atoms with Crippen LogP contribution in [0.3, 0.4) is 0 Å². The van der Waals surface area contributed by atoms with Gasteiger partial charge in [0.25, 0.3) is 0 Å². The van der Waals surface area contributed by atoms with Crippen LogP contribution in [-0.2, 0) is 0 Å². The van der Waals surface area contributed by atoms with Gasteiger partial charge in [0.15, 0.2) is 17.3 Å². The molecule has 0 amide bonds. The number of methoxy groups -OCH3 is 2. The second-order valence-electron chi connectivity index (χ2n) is 7.29. The fourth-order valence-electron chi connectivity index (χ4n) is 3.55. The number of hydrogen-bond donors (Lipinski definition) is 0. The summed E-state index contributed by atoms with van der Waals surface area (Å²) in [6.45, 7) is 2.29. The summed E-state index contributed by atoms with van der Waals surface area (Å²) in [6, 6.07) is 19.1. The van der Waals surface area contributed by atoms with Gasteiger partial charge in [0.1, 0.15) is 18.1 Å². The van der Waals surface area contributed by atoms with Crippen LogP contribution in [0.5, 0.6) is 23.0 Å². The lowest BCUT2D eigenvalue weighted by Crippen LogP contribution is -2.00. The molecule has 162 valence electrons. The number of benzene rings is 3. The SMILES string of the molecule is COc1ccc(/C=C2\Oc3cc(OC/C=C/c4ccccc4)cc(C)c3C2=O)cc1OC. The van der Waals surface area contributed by atoms with E-state index in [1.165, 1.54) is 0 Å². The Morgan fingerprint density at radius 3 is 2.44 bits per heavy atom. The molecule has 0 atom stereocenters. The summed E-state index contributed by atoms with van der Waals surface area (Å²) in [5, 5.41) is 0. The predicted octanol–water partition coefficient (Wildman–Crippen LogP) is 5.72. The molecular formula is C27H24O5. The molecule has 0 fully saturated rings. The number of hydrogen-bond acceptors (Lipinski definition) is 5. The summed E-state index contributed by atoms with van der Waals surface area (Å²) in [6.07, 6.45) is 5.66. The summed E-state index contributed by atoms with van der Waals surface area (Å²) in [5.41, 5.74) is 3.26. The molecule has 4 rings (SSSR count). The van der Waals surface area contributed by atoms with E-state index in [2.05, 4.69) is 0 Å². The number of ether oxygens (including phenoxy) is 4. The van der Waals surface area contributed by atoms with Crippen molar-refractivity contribution in [1.82, 2.24) is 0 Å². The zero-order chi connectivity index (χ0) is 22.5. The van der Waals surface area contributed by atoms with E-state index in [-0.39, 0.29) is 11.5 Å². The lowest BCUT2D eigenvalue weighted by molar-refractivity contribution is 0.101. The standard InChI is InChI=1S/C27H24O5/c1-18-14-21(31-13-7-10-19-8-5-4-6-9-19)17-24-26(18)27(28)25(32-24)16-20-11-12-22(29-2)23(15-20)30-3/h4-12,14-17H,13H2,1-3H3/b10-7+,25-16-. The Balaban J connectivity index is 1.50. The van der Waals surface area contributed by atoms with Crippen molar-refractivity contribution in [2.24, 2.45) is 0 Å². The lowest BCUT2D eigenvalue weighted by Gasteiger charge is -2.08. The van der Waals surface area contributed by atoms with E-state index in [4.69, 9.17) is 18.9 Å². The molecule has 0 unspecified atom stereocenters. The van der Waals surface area contributed by atoms with Gasteiger partial charge in [-0.05, 0) is 54.0 Å². The fourth-order valence-corrected chi connectivity index (χ4v) is 3.55. The topological polar surface area (TPSA) is 54.0 Å². The van der Waals surface area contributed by atoms with Crippen LogP contribution in [0, 0.1) is 6.92 Å². The molecule has 32 heavy (non-hydrogen) atoms. The summed E-state index contributed by atoms with van der Waals surface area (Å²) in [5.74, 6) is 2.47. The van der Waals surface area contributed by atoms with E-state index in [0.29, 0.717) is 35.2 Å². The van der Waals surface area contributed by atoms with Gasteiger partial charge in [-0.3, -0.25) is 4.79 Å². The van der Waals surface area contributed by atoms with Gasteiger partial charge in [-0.1, -0.05) is 42.5 Å². The van der Waals surface area contributed by atoms with Gasteiger partial charge in [-0.15, -0.1) is 0 Å². The molecule has 0 spiro atoms. The molecule has 1 aliphatic heterocycles. The molecule has 0 aromatic heterocycles. The van der Waals surface area contributed by atoms with Crippen LogP contribution >= 0.6 is 0 Å². The minimum Gasteiger partial charge on any atom is -0.493 e. The van der Waals surface area contributed by atoms with Gasteiger partial charge in [0.05, 0.1) is 19.8 Å². The molecule has 5 heteroatoms. The summed E-state index contributed by atoms with van der Waals surface area (Å²) in [4.78, 5) is 12.9. The summed E-state index contributed by atoms with van der Waals surface area (Å²) >= 11 is 0. The monoisotopic (exact) mass is 428 g/mol. The average molecular weight is 428 g/mol. The average Bonchev–Trinajstić information content (AvgIpc) is 3.12. The number of carbonyl (C=O) groups is 1. The molecule has 0 saturated carbocycles. The van der Waals surface area contributed by atoms with E-state index in [0.717, 1.165) is 16.7 Å². The highest BCUT2D eigenvalue weighted by Crippen LogP contribution is 2.38. The zero-order valence-electron chi connectivity index (χ0n) is 18.3. The smallest absolute Gasteiger partial charge is 0.232 e. The molecule has 0 aliphatic carbocycles. The molecule has 1 heterocycles. The van der Waals surface area contributed by atoms with Crippen molar-refractivity contribution in [2.45, 2.75) is 6.92 Å². The summed E-state index contributed by atoms with van der Waals surface area (Å²) in [7, 11) is 3.15. The van der Waals surface area contributed by atoms with Crippen molar-refractivity contribution in [3.05, 3.63) is 94.8 Å². The Morgan fingerprint density at radius 1 is 0.906 bits per heavy atom. The van der Waals surface area contributed by atoms with Gasteiger partial charge in [0.2, 0.25) is 5.78 Å². The van der Waals surface area contributed by atoms with Crippen LogP contribution in [0.1, 0.15) is 27.0 Å². The first kappa shape index (κ1) is 21.2. The van der Waals surface area contributed by atoms with Crippen molar-refractivity contribution in [1.29, 1.82) is 0 Å². The van der Waals surface area contributed by atoms with Crippen molar-refractivity contribution >= 4 is 17.9 Å². The van der Waals surface area contributed by atoms with Crippen LogP contribution in [-0.4, -0.2) is 26.6 Å². The van der Waals surface area contributed by atoms with Crippen molar-refractivity contribution in [3.8, 4) is 23.0 Å². The minimum absolute atomic E-state index is 0.150. The maximum Gasteiger partial charge on any atom is 0.232 e. The highest BCUT2D eigenvalue weighted by atomic mass is 16.5. The second kappa shape index (κ2) is 9.43. The number of Topliss-reactive ketones (excluding diaryl/α,β-unsaturated/α-hetero) is 1. The minimum atomic E-state index is -0.150. The lowest BCUT2D eigenvalue weighted by atomic mass is 10.0. The van der Waals surface area contributed by atoms with Crippen molar-refractivity contribution < 1.29 is 23.7 Å². The second-order valence-corrected chi connectivity index (χ2v) is 7.29. The number of allylic oxidation sites excluding steroid dienone is 1. The molecule has 0 N–H and O–H groups in total. The number of aryl methyl sites for hydroxylation is 1. The zero-order valence-corrected chi connectivity index (χ0v) is 18.3. The first-order valence-electron chi connectivity index (χ1n) is 10.2.